The van der Waals surface area contributed by atoms with Crippen molar-refractivity contribution >= 4 is 15.9 Å². The Morgan fingerprint density at radius 2 is 2.33 bits per heavy atom. The topological polar surface area (TPSA) is 48.4 Å². The molecule has 0 fully saturated rings. The Bertz CT molecular complexity index is 354. The van der Waals surface area contributed by atoms with E-state index in [1.165, 1.54) is 12.5 Å². The second kappa shape index (κ2) is 3.02. The molecule has 0 saturated heterocycles. The third-order valence-corrected chi connectivity index (χ3v) is 1.60. The Balaban J connectivity index is 2.14. The summed E-state index contributed by atoms with van der Waals surface area (Å²) in [7, 11) is 0. The normalized spacial score (nSPS) is 10.1. The lowest BCUT2D eigenvalue weighted by Gasteiger charge is -1.93. The number of nitrogens with zero attached hydrogens (tertiary/aromatic N) is 1. The number of aromatic nitrogens is 1. The van der Waals surface area contributed by atoms with Gasteiger partial charge in [-0.05, 0) is 22.0 Å². The van der Waals surface area contributed by atoms with E-state index in [1.54, 1.807) is 12.1 Å². The van der Waals surface area contributed by atoms with Crippen LogP contribution >= 0.6 is 15.9 Å². The first-order chi connectivity index (χ1) is 5.84. The number of hydrogen-bond acceptors (Lipinski definition) is 4. The molecule has 0 atom stereocenters. The average Bonchev–Trinajstić information content (AvgIpc) is 2.63. The van der Waals surface area contributed by atoms with Crippen LogP contribution in [-0.2, 0) is 0 Å². The molecule has 0 bridgehead atoms. The zero-order valence-electron chi connectivity index (χ0n) is 5.86. The van der Waals surface area contributed by atoms with Crippen molar-refractivity contribution < 1.29 is 13.7 Å². The molecule has 0 unspecified atom stereocenters. The van der Waals surface area contributed by atoms with E-state index in [2.05, 4.69) is 25.6 Å². The average molecular weight is 230 g/mol. The maximum Gasteiger partial charge on any atom is 0.291 e. The summed E-state index contributed by atoms with van der Waals surface area (Å²) in [6, 6.07) is 3.43. The van der Waals surface area contributed by atoms with E-state index in [4.69, 9.17) is 9.15 Å². The molecule has 0 spiro atoms. The minimum absolute atomic E-state index is 0.394. The quantitative estimate of drug-likeness (QED) is 0.795. The van der Waals surface area contributed by atoms with Gasteiger partial charge in [0.15, 0.2) is 16.7 Å². The summed E-state index contributed by atoms with van der Waals surface area (Å²) >= 11 is 3.15. The molecule has 2 heterocycles. The van der Waals surface area contributed by atoms with E-state index in [1.807, 2.05) is 0 Å². The lowest BCUT2D eigenvalue weighted by Crippen LogP contribution is -1.76. The lowest BCUT2D eigenvalue weighted by atomic mass is 10.6. The zero-order chi connectivity index (χ0) is 8.39. The molecular formula is C7H4BrNO3. The highest BCUT2D eigenvalue weighted by Gasteiger charge is 2.02. The van der Waals surface area contributed by atoms with E-state index in [-0.39, 0.29) is 0 Å². The van der Waals surface area contributed by atoms with Gasteiger partial charge < -0.3 is 13.7 Å². The molecular weight excluding hydrogens is 226 g/mol. The van der Waals surface area contributed by atoms with Gasteiger partial charge in [-0.3, -0.25) is 0 Å². The summed E-state index contributed by atoms with van der Waals surface area (Å²) in [6.07, 6.45) is 2.84. The van der Waals surface area contributed by atoms with Crippen molar-refractivity contribution in [3.63, 3.8) is 0 Å². The molecule has 4 nitrogen and oxygen atoms in total. The van der Waals surface area contributed by atoms with Crippen LogP contribution in [0, 0.1) is 0 Å². The minimum Gasteiger partial charge on any atom is -0.421 e. The van der Waals surface area contributed by atoms with Crippen LogP contribution in [-0.4, -0.2) is 5.16 Å². The summed E-state index contributed by atoms with van der Waals surface area (Å²) in [6.45, 7) is 0. The van der Waals surface area contributed by atoms with Crippen molar-refractivity contribution in [2.24, 2.45) is 0 Å². The Kier molecular flexibility index (Phi) is 1.87. The molecule has 0 amide bonds. The van der Waals surface area contributed by atoms with Gasteiger partial charge in [-0.25, -0.2) is 0 Å². The zero-order valence-corrected chi connectivity index (χ0v) is 7.45. The van der Waals surface area contributed by atoms with E-state index < -0.39 is 0 Å². The standard InChI is InChI=1S/C7H4BrNO3/c8-6-1-2-7(12-6)11-5-3-9-10-4-5/h1-4H. The van der Waals surface area contributed by atoms with Crippen molar-refractivity contribution in [3.8, 4) is 11.7 Å². The van der Waals surface area contributed by atoms with E-state index >= 15 is 0 Å². The molecule has 62 valence electrons. The highest BCUT2D eigenvalue weighted by Crippen LogP contribution is 2.25. The van der Waals surface area contributed by atoms with Gasteiger partial charge in [0.1, 0.15) is 6.20 Å². The van der Waals surface area contributed by atoms with Crippen molar-refractivity contribution in [3.05, 3.63) is 29.3 Å². The molecule has 0 aliphatic rings. The van der Waals surface area contributed by atoms with E-state index in [9.17, 15) is 0 Å². The first kappa shape index (κ1) is 7.42. The van der Waals surface area contributed by atoms with Gasteiger partial charge in [0.2, 0.25) is 0 Å². The fourth-order valence-corrected chi connectivity index (χ4v) is 1.01. The number of hydrogen-bond donors (Lipinski definition) is 0. The molecule has 2 rings (SSSR count). The molecule has 0 radical (unpaired) electrons. The Morgan fingerprint density at radius 1 is 1.42 bits per heavy atom. The maximum atomic E-state index is 5.19. The fraction of sp³-hybridized carbons (Fsp3) is 0. The highest BCUT2D eigenvalue weighted by atomic mass is 79.9. The van der Waals surface area contributed by atoms with Crippen LogP contribution in [0.5, 0.6) is 11.7 Å². The van der Waals surface area contributed by atoms with Crippen LogP contribution in [0.1, 0.15) is 0 Å². The summed E-state index contributed by atoms with van der Waals surface area (Å²) in [5.41, 5.74) is 0. The van der Waals surface area contributed by atoms with Gasteiger partial charge in [0, 0.05) is 6.07 Å². The predicted molar refractivity (Wildman–Crippen MR) is 43.0 cm³/mol. The number of furan rings is 1. The van der Waals surface area contributed by atoms with Crippen LogP contribution in [0.2, 0.25) is 0 Å². The van der Waals surface area contributed by atoms with Crippen molar-refractivity contribution in [2.45, 2.75) is 0 Å². The monoisotopic (exact) mass is 229 g/mol. The first-order valence-electron chi connectivity index (χ1n) is 3.17. The number of halogens is 1. The molecule has 12 heavy (non-hydrogen) atoms. The first-order valence-corrected chi connectivity index (χ1v) is 3.96. The van der Waals surface area contributed by atoms with Crippen LogP contribution in [0.4, 0.5) is 0 Å². The molecule has 0 aromatic carbocycles. The van der Waals surface area contributed by atoms with Gasteiger partial charge in [-0.1, -0.05) is 5.16 Å². The summed E-state index contributed by atoms with van der Waals surface area (Å²) < 4.78 is 15.5. The second-order valence-electron chi connectivity index (χ2n) is 2.02. The summed E-state index contributed by atoms with van der Waals surface area (Å²) in [4.78, 5) is 0. The predicted octanol–water partition coefficient (Wildman–Crippen LogP) is 2.82. The second-order valence-corrected chi connectivity index (χ2v) is 2.80. The van der Waals surface area contributed by atoms with E-state index in [0.29, 0.717) is 16.4 Å². The van der Waals surface area contributed by atoms with Crippen molar-refractivity contribution in [1.82, 2.24) is 5.16 Å². The van der Waals surface area contributed by atoms with Gasteiger partial charge in [0.25, 0.3) is 5.95 Å². The third-order valence-electron chi connectivity index (χ3n) is 1.18. The molecule has 0 aliphatic heterocycles. The Labute approximate surface area is 76.2 Å². The highest BCUT2D eigenvalue weighted by molar-refractivity contribution is 9.10. The smallest absolute Gasteiger partial charge is 0.291 e. The minimum atomic E-state index is 0.394. The van der Waals surface area contributed by atoms with Crippen LogP contribution < -0.4 is 4.74 Å². The summed E-state index contributed by atoms with van der Waals surface area (Å²) in [5, 5.41) is 3.47. The van der Waals surface area contributed by atoms with Gasteiger partial charge >= 0.3 is 0 Å². The molecule has 2 aromatic heterocycles. The third kappa shape index (κ3) is 1.50. The fourth-order valence-electron chi connectivity index (χ4n) is 0.714. The SMILES string of the molecule is Brc1ccc(Oc2cnoc2)o1. The maximum absolute atomic E-state index is 5.19. The number of ether oxygens (including phenoxy) is 1. The molecule has 0 saturated carbocycles. The van der Waals surface area contributed by atoms with Gasteiger partial charge in [-0.2, -0.15) is 0 Å². The molecule has 0 aliphatic carbocycles. The lowest BCUT2D eigenvalue weighted by molar-refractivity contribution is 0.334. The Hall–Kier alpha value is -1.23. The van der Waals surface area contributed by atoms with Crippen LogP contribution in [0.3, 0.4) is 0 Å². The Morgan fingerprint density at radius 3 is 2.92 bits per heavy atom. The van der Waals surface area contributed by atoms with Crippen LogP contribution in [0.15, 0.2) is 38.2 Å². The molecule has 5 heteroatoms. The molecule has 0 N–H and O–H groups in total. The molecule has 2 aromatic rings. The van der Waals surface area contributed by atoms with Gasteiger partial charge in [0.05, 0.1) is 0 Å². The van der Waals surface area contributed by atoms with Crippen molar-refractivity contribution in [2.75, 3.05) is 0 Å². The van der Waals surface area contributed by atoms with Gasteiger partial charge in [-0.15, -0.1) is 0 Å². The summed E-state index contributed by atoms with van der Waals surface area (Å²) in [5.74, 6) is 0.905. The largest absolute Gasteiger partial charge is 0.421 e. The van der Waals surface area contributed by atoms with Crippen molar-refractivity contribution in [1.29, 1.82) is 0 Å². The van der Waals surface area contributed by atoms with Crippen LogP contribution in [0.25, 0.3) is 0 Å². The number of rotatable bonds is 2. The van der Waals surface area contributed by atoms with E-state index in [0.717, 1.165) is 0 Å².